The van der Waals surface area contributed by atoms with Gasteiger partial charge >= 0.3 is 0 Å². The van der Waals surface area contributed by atoms with E-state index < -0.39 is 17.2 Å². The molecular weight excluding hydrogens is 414 g/mol. The number of aromatic amines is 1. The van der Waals surface area contributed by atoms with Crippen molar-refractivity contribution >= 4 is 27.8 Å². The number of aromatic nitrogens is 5. The lowest BCUT2D eigenvalue weighted by molar-refractivity contribution is 0.623. The first-order valence-corrected chi connectivity index (χ1v) is 10.1. The number of hydrogen-bond donors (Lipinski definition) is 2. The molecular formula is C23H18F2N6O. The average molecular weight is 432 g/mol. The molecule has 5 aromatic rings. The van der Waals surface area contributed by atoms with E-state index in [1.807, 2.05) is 13.0 Å². The molecule has 0 aliphatic heterocycles. The normalized spacial score (nSPS) is 12.3. The second-order valence-corrected chi connectivity index (χ2v) is 7.35. The first-order valence-electron chi connectivity index (χ1n) is 10.1. The van der Waals surface area contributed by atoms with Gasteiger partial charge in [-0.25, -0.2) is 23.7 Å². The lowest BCUT2D eigenvalue weighted by Crippen LogP contribution is -2.26. The zero-order valence-electron chi connectivity index (χ0n) is 17.0. The second-order valence-electron chi connectivity index (χ2n) is 7.35. The van der Waals surface area contributed by atoms with Crippen LogP contribution in [0.1, 0.15) is 25.1 Å². The number of fused-ring (bicyclic) bond motifs is 2. The maximum Gasteiger partial charge on any atom is 0.263 e. The van der Waals surface area contributed by atoms with Crippen molar-refractivity contribution in [2.24, 2.45) is 0 Å². The second kappa shape index (κ2) is 7.84. The highest BCUT2D eigenvalue weighted by Crippen LogP contribution is 2.28. The monoisotopic (exact) mass is 432 g/mol. The fraction of sp³-hybridized carbons (Fsp3) is 0.130. The van der Waals surface area contributed by atoms with E-state index >= 15 is 0 Å². The lowest BCUT2D eigenvalue weighted by Gasteiger charge is -2.23. The van der Waals surface area contributed by atoms with Crippen LogP contribution in [-0.2, 0) is 0 Å². The van der Waals surface area contributed by atoms with Crippen LogP contribution in [0.2, 0.25) is 0 Å². The van der Waals surface area contributed by atoms with Crippen LogP contribution in [0.4, 0.5) is 14.6 Å². The number of nitrogens with one attached hydrogen (secondary N) is 2. The zero-order valence-corrected chi connectivity index (χ0v) is 17.0. The van der Waals surface area contributed by atoms with E-state index in [1.165, 1.54) is 47.6 Å². The summed E-state index contributed by atoms with van der Waals surface area (Å²) in [6.07, 6.45) is 3.52. The van der Waals surface area contributed by atoms with Crippen molar-refractivity contribution in [1.82, 2.24) is 24.5 Å². The highest BCUT2D eigenvalue weighted by atomic mass is 19.1. The van der Waals surface area contributed by atoms with E-state index in [0.717, 1.165) is 0 Å². The molecule has 0 spiro atoms. The fourth-order valence-corrected chi connectivity index (χ4v) is 3.86. The van der Waals surface area contributed by atoms with E-state index in [1.54, 1.807) is 12.1 Å². The molecule has 0 aliphatic carbocycles. The SMILES string of the molecule is CC[C@H](Nc1ncnc2[nH]cnc12)c1cc2ccc(F)cc2c(=O)n1-c1cccc(F)c1. The number of nitrogens with zero attached hydrogens (tertiary/aromatic N) is 4. The Kier molecular flexibility index (Phi) is 4.85. The van der Waals surface area contributed by atoms with Gasteiger partial charge in [0, 0.05) is 5.69 Å². The molecule has 7 nitrogen and oxygen atoms in total. The van der Waals surface area contributed by atoms with Gasteiger partial charge in [0.1, 0.15) is 23.5 Å². The highest BCUT2D eigenvalue weighted by Gasteiger charge is 2.21. The molecule has 0 amide bonds. The van der Waals surface area contributed by atoms with Crippen LogP contribution in [0.5, 0.6) is 0 Å². The maximum atomic E-state index is 14.0. The number of hydrogen-bond acceptors (Lipinski definition) is 5. The molecule has 0 radical (unpaired) electrons. The summed E-state index contributed by atoms with van der Waals surface area (Å²) in [5.74, 6) is -0.490. The van der Waals surface area contributed by atoms with Crippen LogP contribution in [-0.4, -0.2) is 24.5 Å². The number of halogens is 2. The molecule has 32 heavy (non-hydrogen) atoms. The molecule has 0 saturated carbocycles. The third kappa shape index (κ3) is 3.37. The first kappa shape index (κ1) is 19.8. The summed E-state index contributed by atoms with van der Waals surface area (Å²) in [6.45, 7) is 1.95. The van der Waals surface area contributed by atoms with Crippen LogP contribution in [0.25, 0.3) is 27.6 Å². The Balaban J connectivity index is 1.74. The Hall–Kier alpha value is -4.14. The zero-order chi connectivity index (χ0) is 22.2. The third-order valence-electron chi connectivity index (χ3n) is 5.37. The molecule has 160 valence electrons. The van der Waals surface area contributed by atoms with Crippen LogP contribution < -0.4 is 10.9 Å². The van der Waals surface area contributed by atoms with Gasteiger partial charge < -0.3 is 10.3 Å². The van der Waals surface area contributed by atoms with Gasteiger partial charge in [-0.15, -0.1) is 0 Å². The molecule has 0 unspecified atom stereocenters. The van der Waals surface area contributed by atoms with Gasteiger partial charge in [-0.3, -0.25) is 9.36 Å². The Labute approximate surface area is 180 Å². The summed E-state index contributed by atoms with van der Waals surface area (Å²) >= 11 is 0. The predicted octanol–water partition coefficient (Wildman–Crippen LogP) is 4.50. The smallest absolute Gasteiger partial charge is 0.263 e. The van der Waals surface area contributed by atoms with Crippen LogP contribution >= 0.6 is 0 Å². The topological polar surface area (TPSA) is 88.5 Å². The first-order chi connectivity index (χ1) is 15.5. The van der Waals surface area contributed by atoms with E-state index in [4.69, 9.17) is 0 Å². The van der Waals surface area contributed by atoms with Gasteiger partial charge in [-0.2, -0.15) is 0 Å². The number of anilines is 1. The maximum absolute atomic E-state index is 14.0. The number of rotatable bonds is 5. The standard InChI is InChI=1S/C23H18F2N6O/c1-2-18(30-22-20-21(27-11-26-20)28-12-29-22)19-8-13-6-7-15(25)10-17(13)23(32)31(19)16-5-3-4-14(24)9-16/h3-12,18H,2H2,1H3,(H2,26,27,28,29,30)/t18-/m0/s1. The summed E-state index contributed by atoms with van der Waals surface area (Å²) in [5, 5.41) is 4.14. The lowest BCUT2D eigenvalue weighted by atomic mass is 10.0. The Morgan fingerprint density at radius 2 is 1.91 bits per heavy atom. The van der Waals surface area contributed by atoms with Crippen molar-refractivity contribution in [2.45, 2.75) is 19.4 Å². The molecule has 2 aromatic carbocycles. The summed E-state index contributed by atoms with van der Waals surface area (Å²) < 4.78 is 29.4. The van der Waals surface area contributed by atoms with E-state index in [2.05, 4.69) is 25.3 Å². The molecule has 0 fully saturated rings. The number of benzene rings is 2. The van der Waals surface area contributed by atoms with Crippen molar-refractivity contribution < 1.29 is 8.78 Å². The molecule has 5 rings (SSSR count). The average Bonchev–Trinajstić information content (AvgIpc) is 3.27. The van der Waals surface area contributed by atoms with E-state index in [9.17, 15) is 13.6 Å². The van der Waals surface area contributed by atoms with Crippen LogP contribution in [0.15, 0.2) is 66.0 Å². The minimum atomic E-state index is -0.514. The fourth-order valence-electron chi connectivity index (χ4n) is 3.86. The van der Waals surface area contributed by atoms with Gasteiger partial charge in [0.05, 0.1) is 23.4 Å². The largest absolute Gasteiger partial charge is 0.360 e. The molecule has 3 aromatic heterocycles. The van der Waals surface area contributed by atoms with Gasteiger partial charge in [0.15, 0.2) is 11.5 Å². The van der Waals surface area contributed by atoms with E-state index in [0.29, 0.717) is 40.2 Å². The van der Waals surface area contributed by atoms with Gasteiger partial charge in [-0.1, -0.05) is 19.1 Å². The van der Waals surface area contributed by atoms with Gasteiger partial charge in [-0.05, 0) is 48.2 Å². The molecule has 2 N–H and O–H groups in total. The minimum absolute atomic E-state index is 0.213. The Morgan fingerprint density at radius 1 is 1.06 bits per heavy atom. The van der Waals surface area contributed by atoms with Crippen molar-refractivity contribution in [3.8, 4) is 5.69 Å². The number of pyridine rings is 1. The molecule has 3 heterocycles. The Bertz CT molecular complexity index is 1510. The summed E-state index contributed by atoms with van der Waals surface area (Å²) in [7, 11) is 0. The number of H-pyrrole nitrogens is 1. The molecule has 1 atom stereocenters. The summed E-state index contributed by atoms with van der Waals surface area (Å²) in [6, 6.07) is 11.3. The van der Waals surface area contributed by atoms with Gasteiger partial charge in [0.2, 0.25) is 0 Å². The summed E-state index contributed by atoms with van der Waals surface area (Å²) in [5.41, 5.74) is 1.64. The molecule has 0 aliphatic rings. The quantitative estimate of drug-likeness (QED) is 0.427. The minimum Gasteiger partial charge on any atom is -0.360 e. The molecule has 0 saturated heterocycles. The van der Waals surface area contributed by atoms with Crippen LogP contribution in [0.3, 0.4) is 0 Å². The van der Waals surface area contributed by atoms with Crippen molar-refractivity contribution in [3.05, 3.63) is 88.9 Å². The van der Waals surface area contributed by atoms with Gasteiger partial charge in [0.25, 0.3) is 5.56 Å². The van der Waals surface area contributed by atoms with E-state index in [-0.39, 0.29) is 11.4 Å². The molecule has 0 bridgehead atoms. The van der Waals surface area contributed by atoms with Crippen molar-refractivity contribution in [1.29, 1.82) is 0 Å². The highest BCUT2D eigenvalue weighted by molar-refractivity contribution is 5.84. The summed E-state index contributed by atoms with van der Waals surface area (Å²) in [4.78, 5) is 29.1. The van der Waals surface area contributed by atoms with Crippen LogP contribution in [0, 0.1) is 11.6 Å². The predicted molar refractivity (Wildman–Crippen MR) is 118 cm³/mol. The number of imidazole rings is 1. The third-order valence-corrected chi connectivity index (χ3v) is 5.37. The van der Waals surface area contributed by atoms with Crippen molar-refractivity contribution in [2.75, 3.05) is 5.32 Å². The Morgan fingerprint density at radius 3 is 2.72 bits per heavy atom. The molecule has 9 heteroatoms. The van der Waals surface area contributed by atoms with Crippen molar-refractivity contribution in [3.63, 3.8) is 0 Å².